The number of nitrogens with zero attached hydrogens (tertiary/aromatic N) is 1. The first-order chi connectivity index (χ1) is 10.5. The molecule has 3 heteroatoms. The number of carbonyl (C=O) groups is 1. The van der Waals surface area contributed by atoms with Crippen molar-refractivity contribution in [1.82, 2.24) is 0 Å². The summed E-state index contributed by atoms with van der Waals surface area (Å²) in [5.74, 6) is 6.47. The molecule has 0 N–H and O–H groups in total. The van der Waals surface area contributed by atoms with Gasteiger partial charge in [0.2, 0.25) is 0 Å². The Labute approximate surface area is 132 Å². The first-order valence-corrected chi connectivity index (χ1v) is 11.0. The van der Waals surface area contributed by atoms with E-state index in [9.17, 15) is 4.79 Å². The van der Waals surface area contributed by atoms with Crippen LogP contribution in [0.1, 0.15) is 16.7 Å². The van der Waals surface area contributed by atoms with Gasteiger partial charge < -0.3 is 0 Å². The van der Waals surface area contributed by atoms with Crippen LogP contribution in [0.25, 0.3) is 0 Å². The van der Waals surface area contributed by atoms with Crippen molar-refractivity contribution in [3.05, 3.63) is 65.2 Å². The average Bonchev–Trinajstić information content (AvgIpc) is 2.48. The SMILES string of the molecule is C[PH](C)(C)C(=O)N1Cc2ccccc2C#Cc2ccccc21. The molecule has 1 heterocycles. The van der Waals surface area contributed by atoms with Crippen molar-refractivity contribution in [3.63, 3.8) is 0 Å². The number of amides is 1. The fourth-order valence-electron chi connectivity index (χ4n) is 2.57. The Morgan fingerprint density at radius 1 is 0.955 bits per heavy atom. The predicted octanol–water partition coefficient (Wildman–Crippen LogP) is 4.17. The number of fused-ring (bicyclic) bond motifs is 2. The van der Waals surface area contributed by atoms with E-state index in [1.165, 1.54) is 0 Å². The van der Waals surface area contributed by atoms with E-state index < -0.39 is 7.26 Å². The van der Waals surface area contributed by atoms with Crippen LogP contribution in [0.4, 0.5) is 10.5 Å². The number of benzene rings is 2. The molecular formula is C19H20NOP. The zero-order chi connectivity index (χ0) is 15.7. The van der Waals surface area contributed by atoms with Gasteiger partial charge in [0, 0.05) is 0 Å². The first kappa shape index (κ1) is 14.8. The van der Waals surface area contributed by atoms with Crippen molar-refractivity contribution >= 4 is 18.6 Å². The molecule has 0 radical (unpaired) electrons. The fraction of sp³-hybridized carbons (Fsp3) is 0.211. The molecule has 0 saturated heterocycles. The van der Waals surface area contributed by atoms with Gasteiger partial charge >= 0.3 is 132 Å². The summed E-state index contributed by atoms with van der Waals surface area (Å²) >= 11 is 0. The molecule has 0 spiro atoms. The van der Waals surface area contributed by atoms with E-state index in [4.69, 9.17) is 0 Å². The number of para-hydroxylation sites is 1. The van der Waals surface area contributed by atoms with Gasteiger partial charge in [0.1, 0.15) is 0 Å². The molecule has 0 saturated carbocycles. The third kappa shape index (κ3) is 2.78. The third-order valence-corrected chi connectivity index (χ3v) is 5.31. The monoisotopic (exact) mass is 309 g/mol. The topological polar surface area (TPSA) is 20.3 Å². The van der Waals surface area contributed by atoms with Gasteiger partial charge in [0.25, 0.3) is 0 Å². The van der Waals surface area contributed by atoms with Crippen molar-refractivity contribution < 1.29 is 4.79 Å². The van der Waals surface area contributed by atoms with E-state index in [2.05, 4.69) is 37.9 Å². The number of rotatable bonds is 1. The summed E-state index contributed by atoms with van der Waals surface area (Å²) in [4.78, 5) is 14.9. The van der Waals surface area contributed by atoms with Gasteiger partial charge in [-0.1, -0.05) is 0 Å². The van der Waals surface area contributed by atoms with Gasteiger partial charge in [0.15, 0.2) is 0 Å². The van der Waals surface area contributed by atoms with Crippen molar-refractivity contribution in [3.8, 4) is 11.8 Å². The van der Waals surface area contributed by atoms with Gasteiger partial charge in [-0.05, 0) is 0 Å². The Balaban J connectivity index is 2.20. The quantitative estimate of drug-likeness (QED) is 0.572. The van der Waals surface area contributed by atoms with Crippen LogP contribution in [0.5, 0.6) is 0 Å². The van der Waals surface area contributed by atoms with Crippen LogP contribution in [-0.2, 0) is 6.54 Å². The number of anilines is 1. The first-order valence-electron chi connectivity index (χ1n) is 7.48. The maximum atomic E-state index is 13.0. The van der Waals surface area contributed by atoms with E-state index >= 15 is 0 Å². The van der Waals surface area contributed by atoms with Crippen LogP contribution < -0.4 is 4.90 Å². The molecular weight excluding hydrogens is 289 g/mol. The summed E-state index contributed by atoms with van der Waals surface area (Å²) in [7, 11) is -1.94. The molecule has 0 aromatic heterocycles. The number of carbonyl (C=O) groups excluding carboxylic acids is 1. The second-order valence-corrected chi connectivity index (χ2v) is 11.5. The molecule has 22 heavy (non-hydrogen) atoms. The van der Waals surface area contributed by atoms with Crippen LogP contribution in [-0.4, -0.2) is 25.6 Å². The summed E-state index contributed by atoms with van der Waals surface area (Å²) in [5.41, 5.74) is 4.21. The maximum absolute atomic E-state index is 13.0. The van der Waals surface area contributed by atoms with E-state index in [1.807, 2.05) is 47.4 Å². The Bertz CT molecular complexity index is 793. The Morgan fingerprint density at radius 3 is 2.27 bits per heavy atom. The second kappa shape index (κ2) is 5.59. The summed E-state index contributed by atoms with van der Waals surface area (Å²) in [6.45, 7) is 6.86. The molecule has 2 aromatic rings. The molecule has 2 nitrogen and oxygen atoms in total. The molecule has 2 aromatic carbocycles. The van der Waals surface area contributed by atoms with Crippen molar-refractivity contribution in [2.45, 2.75) is 6.54 Å². The molecule has 112 valence electrons. The van der Waals surface area contributed by atoms with Crippen LogP contribution in [0.15, 0.2) is 48.5 Å². The standard InChI is InChI=1S/C19H20NOP/c1-22(2,3)19(21)20-14-17-10-5-4-8-15(17)12-13-16-9-6-7-11-18(16)20/h4-11,22H,14H2,1-3H3. The molecule has 1 aliphatic heterocycles. The zero-order valence-electron chi connectivity index (χ0n) is 13.2. The van der Waals surface area contributed by atoms with Crippen LogP contribution in [0.3, 0.4) is 0 Å². The van der Waals surface area contributed by atoms with Crippen molar-refractivity contribution in [2.75, 3.05) is 24.9 Å². The second-order valence-electron chi connectivity index (χ2n) is 6.57. The molecule has 0 unspecified atom stereocenters. The average molecular weight is 309 g/mol. The molecule has 1 amide bonds. The molecule has 1 aliphatic rings. The summed E-state index contributed by atoms with van der Waals surface area (Å²) < 4.78 is 0. The van der Waals surface area contributed by atoms with Gasteiger partial charge in [-0.15, -0.1) is 0 Å². The molecule has 0 atom stereocenters. The predicted molar refractivity (Wildman–Crippen MR) is 96.5 cm³/mol. The molecule has 0 fully saturated rings. The van der Waals surface area contributed by atoms with Gasteiger partial charge in [0.05, 0.1) is 0 Å². The molecule has 0 aliphatic carbocycles. The summed E-state index contributed by atoms with van der Waals surface area (Å²) in [5, 5.41) is 0. The molecule has 3 rings (SSSR count). The summed E-state index contributed by atoms with van der Waals surface area (Å²) in [6.07, 6.45) is 0. The Kier molecular flexibility index (Phi) is 3.77. The Hall–Kier alpha value is -2.10. The summed E-state index contributed by atoms with van der Waals surface area (Å²) in [6, 6.07) is 16.0. The van der Waals surface area contributed by atoms with E-state index in [0.717, 1.165) is 22.4 Å². The van der Waals surface area contributed by atoms with Gasteiger partial charge in [-0.3, -0.25) is 0 Å². The third-order valence-electron chi connectivity index (χ3n) is 3.76. The minimum atomic E-state index is -1.94. The zero-order valence-corrected chi connectivity index (χ0v) is 14.2. The van der Waals surface area contributed by atoms with Gasteiger partial charge in [-0.25, -0.2) is 0 Å². The normalized spacial score (nSPS) is 13.9. The van der Waals surface area contributed by atoms with E-state index in [0.29, 0.717) is 6.54 Å². The van der Waals surface area contributed by atoms with Crippen LogP contribution in [0.2, 0.25) is 0 Å². The van der Waals surface area contributed by atoms with Crippen molar-refractivity contribution in [1.29, 1.82) is 0 Å². The minimum absolute atomic E-state index is 0.249. The number of hydrogen-bond acceptors (Lipinski definition) is 1. The van der Waals surface area contributed by atoms with Gasteiger partial charge in [-0.2, -0.15) is 0 Å². The van der Waals surface area contributed by atoms with Crippen molar-refractivity contribution in [2.24, 2.45) is 0 Å². The van der Waals surface area contributed by atoms with Crippen LogP contribution >= 0.6 is 7.26 Å². The Morgan fingerprint density at radius 2 is 1.55 bits per heavy atom. The fourth-order valence-corrected chi connectivity index (χ4v) is 3.58. The van der Waals surface area contributed by atoms with E-state index in [-0.39, 0.29) is 5.65 Å². The number of hydrogen-bond donors (Lipinski definition) is 0. The van der Waals surface area contributed by atoms with E-state index in [1.54, 1.807) is 0 Å². The van der Waals surface area contributed by atoms with Crippen LogP contribution in [0, 0.1) is 11.8 Å². The molecule has 0 bridgehead atoms.